The van der Waals surface area contributed by atoms with E-state index in [1.54, 1.807) is 31.4 Å². The minimum atomic E-state index is -1.06. The highest BCUT2D eigenvalue weighted by Gasteiger charge is 2.25. The van der Waals surface area contributed by atoms with Crippen molar-refractivity contribution < 1.29 is 23.2 Å². The van der Waals surface area contributed by atoms with Crippen LogP contribution in [0.5, 0.6) is 5.75 Å². The minimum Gasteiger partial charge on any atom is -0.497 e. The molecule has 1 heterocycles. The van der Waals surface area contributed by atoms with Gasteiger partial charge in [0.15, 0.2) is 0 Å². The Labute approximate surface area is 168 Å². The fraction of sp³-hybridized carbons (Fsp3) is 0.409. The molecule has 0 spiro atoms. The Balaban J connectivity index is 1.40. The van der Waals surface area contributed by atoms with Crippen LogP contribution in [0.3, 0.4) is 0 Å². The molecule has 1 saturated heterocycles. The monoisotopic (exact) mass is 402 g/mol. The molecular weight excluding hydrogens is 376 g/mol. The molecule has 2 aromatic rings. The Kier molecular flexibility index (Phi) is 7.23. The number of esters is 1. The number of methoxy groups -OCH3 is 1. The molecule has 1 aliphatic heterocycles. The van der Waals surface area contributed by atoms with Crippen molar-refractivity contribution in [1.29, 1.82) is 0 Å². The summed E-state index contributed by atoms with van der Waals surface area (Å²) < 4.78 is 28.9. The van der Waals surface area contributed by atoms with Crippen LogP contribution in [-0.4, -0.2) is 42.4 Å². The SMILES string of the molecule is COc1ccc(C(=O)OC[C@@H]2CC[C@H](C[S@@](=O)c3ccc(C)cc3)OC2)cc1. The third kappa shape index (κ3) is 5.66. The van der Waals surface area contributed by atoms with E-state index in [0.29, 0.717) is 30.3 Å². The van der Waals surface area contributed by atoms with E-state index in [0.717, 1.165) is 23.3 Å². The van der Waals surface area contributed by atoms with Crippen molar-refractivity contribution in [3.63, 3.8) is 0 Å². The molecule has 0 aliphatic carbocycles. The molecule has 0 amide bonds. The van der Waals surface area contributed by atoms with Gasteiger partial charge in [-0.15, -0.1) is 0 Å². The lowest BCUT2D eigenvalue weighted by Crippen LogP contribution is -2.32. The molecule has 0 N–H and O–H groups in total. The van der Waals surface area contributed by atoms with Crippen molar-refractivity contribution in [2.24, 2.45) is 5.92 Å². The number of rotatable bonds is 7. The maximum atomic E-state index is 12.5. The van der Waals surface area contributed by atoms with Gasteiger partial charge in [-0.2, -0.15) is 0 Å². The van der Waals surface area contributed by atoms with Crippen LogP contribution in [0.25, 0.3) is 0 Å². The molecule has 0 radical (unpaired) electrons. The van der Waals surface area contributed by atoms with Gasteiger partial charge >= 0.3 is 5.97 Å². The van der Waals surface area contributed by atoms with Gasteiger partial charge in [0.05, 0.1) is 48.5 Å². The van der Waals surface area contributed by atoms with E-state index in [1.807, 2.05) is 31.2 Å². The van der Waals surface area contributed by atoms with Crippen molar-refractivity contribution in [3.05, 3.63) is 59.7 Å². The first-order valence-corrected chi connectivity index (χ1v) is 10.7. The first kappa shape index (κ1) is 20.6. The Morgan fingerprint density at radius 1 is 1.11 bits per heavy atom. The fourth-order valence-corrected chi connectivity index (χ4v) is 4.32. The fourth-order valence-electron chi connectivity index (χ4n) is 3.08. The predicted molar refractivity (Wildman–Crippen MR) is 108 cm³/mol. The minimum absolute atomic E-state index is 0.0179. The number of benzene rings is 2. The molecule has 1 aliphatic rings. The van der Waals surface area contributed by atoms with Gasteiger partial charge < -0.3 is 14.2 Å². The summed E-state index contributed by atoms with van der Waals surface area (Å²) in [4.78, 5) is 13.0. The van der Waals surface area contributed by atoms with Crippen molar-refractivity contribution in [3.8, 4) is 5.75 Å². The summed E-state index contributed by atoms with van der Waals surface area (Å²) in [6, 6.07) is 14.6. The molecule has 3 rings (SSSR count). The summed E-state index contributed by atoms with van der Waals surface area (Å²) in [5.41, 5.74) is 1.66. The standard InChI is InChI=1S/C22H26O5S/c1-16-3-11-21(12-4-16)28(24)15-20-8-5-17(13-26-20)14-27-22(23)18-6-9-19(25-2)10-7-18/h3-4,6-7,9-12,17,20H,5,8,13-15H2,1-2H3/t17-,20-,28-/m1/s1. The average Bonchev–Trinajstić information content (AvgIpc) is 2.73. The highest BCUT2D eigenvalue weighted by Crippen LogP contribution is 2.22. The van der Waals surface area contributed by atoms with Gasteiger partial charge in [-0.3, -0.25) is 4.21 Å². The molecule has 1 fully saturated rings. The van der Waals surface area contributed by atoms with E-state index in [-0.39, 0.29) is 18.0 Å². The molecule has 6 heteroatoms. The number of hydrogen-bond donors (Lipinski definition) is 0. The lowest BCUT2D eigenvalue weighted by molar-refractivity contribution is -0.0256. The second-order valence-corrected chi connectivity index (χ2v) is 8.55. The van der Waals surface area contributed by atoms with Crippen LogP contribution in [0.1, 0.15) is 28.8 Å². The largest absolute Gasteiger partial charge is 0.497 e. The first-order chi connectivity index (χ1) is 13.5. The first-order valence-electron chi connectivity index (χ1n) is 9.43. The van der Waals surface area contributed by atoms with E-state index in [2.05, 4.69) is 0 Å². The van der Waals surface area contributed by atoms with Crippen LogP contribution >= 0.6 is 0 Å². The third-order valence-corrected chi connectivity index (χ3v) is 6.33. The molecule has 150 valence electrons. The van der Waals surface area contributed by atoms with Crippen LogP contribution in [0.15, 0.2) is 53.4 Å². The third-order valence-electron chi connectivity index (χ3n) is 4.86. The summed E-state index contributed by atoms with van der Waals surface area (Å²) >= 11 is 0. The molecule has 5 nitrogen and oxygen atoms in total. The van der Waals surface area contributed by atoms with Gasteiger partial charge in [0.2, 0.25) is 0 Å². The summed E-state index contributed by atoms with van der Waals surface area (Å²) in [5, 5.41) is 0. The number of ether oxygens (including phenoxy) is 3. The number of carbonyl (C=O) groups excluding carboxylic acids is 1. The van der Waals surface area contributed by atoms with Crippen LogP contribution in [0.4, 0.5) is 0 Å². The molecule has 2 aromatic carbocycles. The number of carbonyl (C=O) groups is 1. The summed E-state index contributed by atoms with van der Waals surface area (Å²) in [6.45, 7) is 2.86. The second kappa shape index (κ2) is 9.85. The zero-order chi connectivity index (χ0) is 19.9. The normalized spacial score (nSPS) is 20.4. The maximum Gasteiger partial charge on any atom is 0.338 e. The van der Waals surface area contributed by atoms with Gasteiger partial charge in [0, 0.05) is 10.8 Å². The van der Waals surface area contributed by atoms with E-state index >= 15 is 0 Å². The van der Waals surface area contributed by atoms with E-state index in [4.69, 9.17) is 14.2 Å². The molecular formula is C22H26O5S. The zero-order valence-electron chi connectivity index (χ0n) is 16.3. The van der Waals surface area contributed by atoms with Crippen LogP contribution in [0, 0.1) is 12.8 Å². The van der Waals surface area contributed by atoms with Crippen molar-refractivity contribution in [2.45, 2.75) is 30.8 Å². The molecule has 0 unspecified atom stereocenters. The van der Waals surface area contributed by atoms with Gasteiger partial charge in [-0.05, 0) is 56.2 Å². The highest BCUT2D eigenvalue weighted by atomic mass is 32.2. The smallest absolute Gasteiger partial charge is 0.338 e. The quantitative estimate of drug-likeness (QED) is 0.660. The van der Waals surface area contributed by atoms with E-state index < -0.39 is 10.8 Å². The maximum absolute atomic E-state index is 12.5. The predicted octanol–water partition coefficient (Wildman–Crippen LogP) is 3.76. The summed E-state index contributed by atoms with van der Waals surface area (Å²) in [5.74, 6) is 1.03. The Hall–Kier alpha value is -2.18. The van der Waals surface area contributed by atoms with Gasteiger partial charge in [-0.1, -0.05) is 17.7 Å². The number of aryl methyl sites for hydroxylation is 1. The van der Waals surface area contributed by atoms with Crippen LogP contribution in [-0.2, 0) is 20.3 Å². The average molecular weight is 403 g/mol. The lowest BCUT2D eigenvalue weighted by Gasteiger charge is -2.28. The number of hydrogen-bond acceptors (Lipinski definition) is 5. The lowest BCUT2D eigenvalue weighted by atomic mass is 10.00. The molecule has 28 heavy (non-hydrogen) atoms. The van der Waals surface area contributed by atoms with E-state index in [9.17, 15) is 9.00 Å². The Bertz CT molecular complexity index is 793. The summed E-state index contributed by atoms with van der Waals surface area (Å²) in [7, 11) is 0.523. The summed E-state index contributed by atoms with van der Waals surface area (Å²) in [6.07, 6.45) is 1.70. The highest BCUT2D eigenvalue weighted by molar-refractivity contribution is 7.85. The van der Waals surface area contributed by atoms with Crippen molar-refractivity contribution >= 4 is 16.8 Å². The molecule has 0 aromatic heterocycles. The Morgan fingerprint density at radius 3 is 2.43 bits per heavy atom. The van der Waals surface area contributed by atoms with Crippen LogP contribution in [0.2, 0.25) is 0 Å². The zero-order valence-corrected chi connectivity index (χ0v) is 17.1. The van der Waals surface area contributed by atoms with Crippen molar-refractivity contribution in [2.75, 3.05) is 26.1 Å². The molecule has 0 bridgehead atoms. The van der Waals surface area contributed by atoms with E-state index in [1.165, 1.54) is 0 Å². The second-order valence-electron chi connectivity index (χ2n) is 7.05. The van der Waals surface area contributed by atoms with Crippen molar-refractivity contribution in [1.82, 2.24) is 0 Å². The molecule has 0 saturated carbocycles. The van der Waals surface area contributed by atoms with Crippen LogP contribution < -0.4 is 4.74 Å². The van der Waals surface area contributed by atoms with Gasteiger partial charge in [-0.25, -0.2) is 4.79 Å². The Morgan fingerprint density at radius 2 is 1.82 bits per heavy atom. The molecule has 3 atom stereocenters. The van der Waals surface area contributed by atoms with Gasteiger partial charge in [0.25, 0.3) is 0 Å². The topological polar surface area (TPSA) is 61.8 Å². The van der Waals surface area contributed by atoms with Gasteiger partial charge in [0.1, 0.15) is 5.75 Å².